The molecule has 1 saturated heterocycles. The van der Waals surface area contributed by atoms with Gasteiger partial charge in [0.05, 0.1) is 18.3 Å². The fourth-order valence-corrected chi connectivity index (χ4v) is 8.39. The number of fused-ring (bicyclic) bond motifs is 3. The van der Waals surface area contributed by atoms with Crippen LogP contribution in [0.3, 0.4) is 0 Å². The Balaban J connectivity index is 1.25. The Kier molecular flexibility index (Phi) is 10.1. The first kappa shape index (κ1) is 36.6. The predicted molar refractivity (Wildman–Crippen MR) is 180 cm³/mol. The number of sulfonamides is 1. The van der Waals surface area contributed by atoms with Gasteiger partial charge in [0.1, 0.15) is 35.1 Å². The molecule has 1 aromatic carbocycles. The Morgan fingerprint density at radius 1 is 1.06 bits per heavy atom. The van der Waals surface area contributed by atoms with Gasteiger partial charge in [0.2, 0.25) is 21.8 Å². The second kappa shape index (κ2) is 14.1. The van der Waals surface area contributed by atoms with Crippen molar-refractivity contribution in [3.8, 4) is 0 Å². The number of amides is 5. The Morgan fingerprint density at radius 2 is 1.82 bits per heavy atom. The minimum absolute atomic E-state index is 0.00168. The van der Waals surface area contributed by atoms with E-state index in [0.717, 1.165) is 12.8 Å². The first-order chi connectivity index (χ1) is 24.1. The van der Waals surface area contributed by atoms with Crippen LogP contribution >= 0.6 is 0 Å². The van der Waals surface area contributed by atoms with Gasteiger partial charge in [0.15, 0.2) is 0 Å². The number of rotatable bonds is 5. The Hall–Kier alpha value is -4.21. The summed E-state index contributed by atoms with van der Waals surface area (Å²) in [5.74, 6) is -3.06. The van der Waals surface area contributed by atoms with Crippen LogP contribution in [0.15, 0.2) is 30.4 Å². The van der Waals surface area contributed by atoms with Crippen LogP contribution in [-0.4, -0.2) is 89.2 Å². The van der Waals surface area contributed by atoms with Gasteiger partial charge in [-0.05, 0) is 70.9 Å². The number of alkyl carbamates (subject to hydrolysis) is 1. The van der Waals surface area contributed by atoms with Crippen LogP contribution < -0.4 is 15.4 Å². The molecule has 3 aliphatic heterocycles. The number of hydrogen-bond acceptors (Lipinski definition) is 9. The number of benzene rings is 1. The highest BCUT2D eigenvalue weighted by atomic mass is 32.2. The number of ether oxygens (including phenoxy) is 2. The molecule has 6 rings (SSSR count). The molecule has 0 radical (unpaired) electrons. The zero-order chi connectivity index (χ0) is 36.7. The summed E-state index contributed by atoms with van der Waals surface area (Å²) in [5.41, 5.74) is -1.36. The molecule has 5 unspecified atom stereocenters. The van der Waals surface area contributed by atoms with Gasteiger partial charge in [-0.25, -0.2) is 22.4 Å². The van der Waals surface area contributed by atoms with Crippen LogP contribution in [0.4, 0.5) is 14.0 Å². The van der Waals surface area contributed by atoms with Crippen LogP contribution in [0.1, 0.15) is 89.7 Å². The largest absolute Gasteiger partial charge is 0.444 e. The van der Waals surface area contributed by atoms with Gasteiger partial charge >= 0.3 is 12.2 Å². The van der Waals surface area contributed by atoms with E-state index < -0.39 is 86.2 Å². The lowest BCUT2D eigenvalue weighted by Crippen LogP contribution is -2.58. The third-order valence-electron chi connectivity index (χ3n) is 9.99. The van der Waals surface area contributed by atoms with Crippen molar-refractivity contribution in [2.45, 2.75) is 126 Å². The van der Waals surface area contributed by atoms with Crippen LogP contribution in [0.25, 0.3) is 0 Å². The highest BCUT2D eigenvalue weighted by molar-refractivity contribution is 7.91. The van der Waals surface area contributed by atoms with Crippen molar-refractivity contribution in [3.05, 3.63) is 47.3 Å². The van der Waals surface area contributed by atoms with Crippen molar-refractivity contribution in [2.24, 2.45) is 5.92 Å². The maximum absolute atomic E-state index is 14.4. The molecule has 1 aromatic rings. The van der Waals surface area contributed by atoms with Gasteiger partial charge < -0.3 is 25.0 Å². The Bertz CT molecular complexity index is 1730. The number of carbonyl (C=O) groups excluding carboxylic acids is 5. The fourth-order valence-electron chi connectivity index (χ4n) is 7.02. The van der Waals surface area contributed by atoms with Gasteiger partial charge in [-0.3, -0.25) is 24.0 Å². The fraction of sp³-hybridized carbons (Fsp3) is 0.629. The van der Waals surface area contributed by atoms with Crippen molar-refractivity contribution in [2.75, 3.05) is 6.54 Å². The Morgan fingerprint density at radius 3 is 2.53 bits per heavy atom. The molecule has 51 heavy (non-hydrogen) atoms. The van der Waals surface area contributed by atoms with E-state index >= 15 is 0 Å². The summed E-state index contributed by atoms with van der Waals surface area (Å²) in [5, 5.41) is 4.79. The van der Waals surface area contributed by atoms with Crippen LogP contribution in [0.5, 0.6) is 0 Å². The van der Waals surface area contributed by atoms with Crippen LogP contribution in [-0.2, 0) is 47.0 Å². The SMILES string of the molecule is CC(C)(C)OC(=O)NC1CCCCC/C=C\C2CC2(C(=O)NS(=O)(=O)C2CC2)NC(=O)C2CC(OC(=O)N3Cc4cccc(F)c4C3)CN2C1=O. The third-order valence-corrected chi connectivity index (χ3v) is 11.8. The van der Waals surface area contributed by atoms with Crippen LogP contribution in [0, 0.1) is 11.7 Å². The number of halogens is 1. The second-order valence-corrected chi connectivity index (χ2v) is 17.2. The molecule has 2 aliphatic carbocycles. The Labute approximate surface area is 296 Å². The first-order valence-electron chi connectivity index (χ1n) is 17.6. The number of nitrogens with one attached hydrogen (secondary N) is 3. The molecule has 16 heteroatoms. The average Bonchev–Trinajstić information content (AvgIpc) is 3.93. The van der Waals surface area contributed by atoms with E-state index in [2.05, 4.69) is 15.4 Å². The topological polar surface area (TPSA) is 181 Å². The number of nitrogens with zero attached hydrogens (tertiary/aromatic N) is 2. The van der Waals surface area contributed by atoms with E-state index in [9.17, 15) is 36.8 Å². The van der Waals surface area contributed by atoms with Crippen molar-refractivity contribution >= 4 is 39.9 Å². The van der Waals surface area contributed by atoms with E-state index in [0.29, 0.717) is 36.8 Å². The van der Waals surface area contributed by atoms with Crippen molar-refractivity contribution in [1.29, 1.82) is 0 Å². The van der Waals surface area contributed by atoms with E-state index in [1.54, 1.807) is 32.9 Å². The maximum Gasteiger partial charge on any atom is 0.410 e. The lowest BCUT2D eigenvalue weighted by molar-refractivity contribution is -0.141. The van der Waals surface area contributed by atoms with Gasteiger partial charge in [0.25, 0.3) is 5.91 Å². The summed E-state index contributed by atoms with van der Waals surface area (Å²) < 4.78 is 53.3. The third kappa shape index (κ3) is 8.31. The van der Waals surface area contributed by atoms with Gasteiger partial charge in [0, 0.05) is 24.4 Å². The van der Waals surface area contributed by atoms with Crippen molar-refractivity contribution < 1.29 is 46.3 Å². The lowest BCUT2D eigenvalue weighted by atomic mass is 10.0. The molecule has 14 nitrogen and oxygen atoms in total. The minimum Gasteiger partial charge on any atom is -0.444 e. The average molecular weight is 732 g/mol. The molecule has 278 valence electrons. The molecule has 5 atom stereocenters. The molecule has 0 bridgehead atoms. The molecular formula is C35H46FN5O9S. The van der Waals surface area contributed by atoms with Gasteiger partial charge in [-0.2, -0.15) is 0 Å². The second-order valence-electron chi connectivity index (χ2n) is 15.2. The zero-order valence-electron chi connectivity index (χ0n) is 29.1. The first-order valence-corrected chi connectivity index (χ1v) is 19.2. The molecule has 3 fully saturated rings. The van der Waals surface area contributed by atoms with E-state index in [4.69, 9.17) is 9.47 Å². The van der Waals surface area contributed by atoms with E-state index in [-0.39, 0.29) is 38.9 Å². The van der Waals surface area contributed by atoms with E-state index in [1.165, 1.54) is 15.9 Å². The predicted octanol–water partition coefficient (Wildman–Crippen LogP) is 3.14. The highest BCUT2D eigenvalue weighted by Gasteiger charge is 2.62. The summed E-state index contributed by atoms with van der Waals surface area (Å²) in [7, 11) is -3.92. The smallest absolute Gasteiger partial charge is 0.410 e. The van der Waals surface area contributed by atoms with E-state index in [1.807, 2.05) is 12.2 Å². The molecule has 3 N–H and O–H groups in total. The normalized spacial score (nSPS) is 28.9. The summed E-state index contributed by atoms with van der Waals surface area (Å²) in [4.78, 5) is 70.8. The van der Waals surface area contributed by atoms with Crippen molar-refractivity contribution in [3.63, 3.8) is 0 Å². The standard InChI is InChI=1S/C35H46FN5O9S/c1-34(2,3)50-32(45)37-27-13-8-6-4-5-7-11-22-17-35(22,31(44)39-51(47,48)24-14-15-24)38-29(42)28-16-23(19-41(28)30(27)43)49-33(46)40-18-21-10-9-12-26(36)25(21)20-40/h7,9-12,22-24,27-28H,4-6,8,13-20H2,1-3H3,(H,37,45)(H,38,42)(H,39,44)/b11-7-. The summed E-state index contributed by atoms with van der Waals surface area (Å²) >= 11 is 0. The molecule has 5 aliphatic rings. The quantitative estimate of drug-likeness (QED) is 0.384. The van der Waals surface area contributed by atoms with Crippen molar-refractivity contribution in [1.82, 2.24) is 25.2 Å². The lowest BCUT2D eigenvalue weighted by Gasteiger charge is -2.30. The number of hydrogen-bond donors (Lipinski definition) is 3. The summed E-state index contributed by atoms with van der Waals surface area (Å²) in [6, 6.07) is 2.30. The summed E-state index contributed by atoms with van der Waals surface area (Å²) in [6.45, 7) is 5.01. The van der Waals surface area contributed by atoms with Gasteiger partial charge in [-0.15, -0.1) is 0 Å². The van der Waals surface area contributed by atoms with Gasteiger partial charge in [-0.1, -0.05) is 37.1 Å². The number of carbonyl (C=O) groups is 5. The molecule has 2 saturated carbocycles. The number of allylic oxidation sites excluding steroid dienone is 1. The zero-order valence-corrected chi connectivity index (χ0v) is 29.9. The summed E-state index contributed by atoms with van der Waals surface area (Å²) in [6.07, 6.45) is 5.10. The van der Waals surface area contributed by atoms with Crippen LogP contribution in [0.2, 0.25) is 0 Å². The monoisotopic (exact) mass is 731 g/mol. The molecular weight excluding hydrogens is 685 g/mol. The molecule has 0 aromatic heterocycles. The highest BCUT2D eigenvalue weighted by Crippen LogP contribution is 2.46. The molecule has 5 amide bonds. The molecule has 0 spiro atoms. The molecule has 3 heterocycles. The minimum atomic E-state index is -3.92. The maximum atomic E-state index is 14.4.